The quantitative estimate of drug-likeness (QED) is 0.208. The third-order valence-corrected chi connectivity index (χ3v) is 13.4. The molecule has 0 aromatic carbocycles. The number of hydrogen-bond donors (Lipinski definition) is 0. The average Bonchev–Trinajstić information content (AvgIpc) is 3.30. The van der Waals surface area contributed by atoms with Gasteiger partial charge in [0.2, 0.25) is 0 Å². The van der Waals surface area contributed by atoms with Gasteiger partial charge in [0.25, 0.3) is 20.2 Å². The second-order valence-corrected chi connectivity index (χ2v) is 16.1. The highest BCUT2D eigenvalue weighted by Gasteiger charge is 2.66. The monoisotopic (exact) mass is 590 g/mol. The van der Waals surface area contributed by atoms with E-state index in [1.54, 1.807) is 0 Å². The number of esters is 2. The zero-order valence-electron chi connectivity index (χ0n) is 23.3. The van der Waals surface area contributed by atoms with Gasteiger partial charge in [0.05, 0.1) is 22.3 Å². The van der Waals surface area contributed by atoms with Crippen molar-refractivity contribution in [3.8, 4) is 0 Å². The third-order valence-electron chi connectivity index (χ3n) is 10.6. The van der Waals surface area contributed by atoms with Gasteiger partial charge in [-0.15, -0.1) is 0 Å². The number of hydrogen-bond acceptors (Lipinski definition) is 11. The van der Waals surface area contributed by atoms with Gasteiger partial charge in [0.15, 0.2) is 12.2 Å². The molecule has 0 amide bonds. The maximum absolute atomic E-state index is 12.8. The lowest BCUT2D eigenvalue weighted by Crippen LogP contribution is -2.44. The molecule has 13 heteroatoms. The van der Waals surface area contributed by atoms with Crippen molar-refractivity contribution < 1.29 is 49.1 Å². The van der Waals surface area contributed by atoms with Crippen LogP contribution < -0.4 is 0 Å². The molecule has 0 N–H and O–H groups in total. The van der Waals surface area contributed by atoms with Crippen molar-refractivity contribution in [3.63, 3.8) is 0 Å². The van der Waals surface area contributed by atoms with Crippen molar-refractivity contribution >= 4 is 43.7 Å². The lowest BCUT2D eigenvalue weighted by Gasteiger charge is -2.36. The predicted molar refractivity (Wildman–Crippen MR) is 137 cm³/mol. The van der Waals surface area contributed by atoms with E-state index in [-0.39, 0.29) is 23.4 Å². The Kier molecular flexibility index (Phi) is 7.31. The maximum atomic E-state index is 12.8. The summed E-state index contributed by atoms with van der Waals surface area (Å²) in [6, 6.07) is 0. The molecule has 4 rings (SSSR count). The number of carbonyl (C=O) groups is 4. The van der Waals surface area contributed by atoms with E-state index in [4.69, 9.17) is 8.37 Å². The molecule has 0 aliphatic heterocycles. The number of Topliss-reactive ketones (excluding diaryl/α,β-unsaturated/α-hetero) is 2. The van der Waals surface area contributed by atoms with Crippen LogP contribution in [0.4, 0.5) is 0 Å². The molecule has 4 aliphatic rings. The Labute approximate surface area is 229 Å². The summed E-state index contributed by atoms with van der Waals surface area (Å²) in [4.78, 5) is 50.2. The van der Waals surface area contributed by atoms with Gasteiger partial charge in [-0.3, -0.25) is 18.0 Å². The Balaban J connectivity index is 1.34. The van der Waals surface area contributed by atoms with Crippen molar-refractivity contribution in [2.75, 3.05) is 11.5 Å². The molecule has 0 saturated heterocycles. The SMILES string of the molecule is CC(OS(=O)(=O)C[C@]12CC[C@H](CC1=O)C2(C)C)C(=O)OC(=O)C(C)OS(=O)(=O)C[C@]12CC[C@H](CC1=O)C2(C)C. The molecule has 4 saturated carbocycles. The number of carbonyl (C=O) groups excluding carboxylic acids is 4. The largest absolute Gasteiger partial charge is 0.389 e. The Bertz CT molecular complexity index is 1210. The van der Waals surface area contributed by atoms with E-state index in [9.17, 15) is 36.0 Å². The Morgan fingerprint density at radius 2 is 1.08 bits per heavy atom. The highest BCUT2D eigenvalue weighted by molar-refractivity contribution is 7.87. The van der Waals surface area contributed by atoms with Gasteiger partial charge in [-0.05, 0) is 62.2 Å². The lowest BCUT2D eigenvalue weighted by atomic mass is 9.70. The lowest BCUT2D eigenvalue weighted by molar-refractivity contribution is -0.168. The van der Waals surface area contributed by atoms with Crippen molar-refractivity contribution in [2.45, 2.75) is 92.3 Å². The first-order valence-electron chi connectivity index (χ1n) is 13.3. The van der Waals surface area contributed by atoms with Gasteiger partial charge in [0, 0.05) is 12.8 Å². The summed E-state index contributed by atoms with van der Waals surface area (Å²) >= 11 is 0. The molecule has 6 atom stereocenters. The number of fused-ring (bicyclic) bond motifs is 4. The Morgan fingerprint density at radius 3 is 1.33 bits per heavy atom. The van der Waals surface area contributed by atoms with Crippen LogP contribution in [0.15, 0.2) is 0 Å². The molecular weight excluding hydrogens is 552 g/mol. The van der Waals surface area contributed by atoms with E-state index >= 15 is 0 Å². The fraction of sp³-hybridized carbons (Fsp3) is 0.846. The summed E-state index contributed by atoms with van der Waals surface area (Å²) in [5.41, 5.74) is -3.26. The van der Waals surface area contributed by atoms with Crippen molar-refractivity contribution in [3.05, 3.63) is 0 Å². The fourth-order valence-electron chi connectivity index (χ4n) is 7.67. The Morgan fingerprint density at radius 1 is 0.744 bits per heavy atom. The minimum Gasteiger partial charge on any atom is -0.389 e. The van der Waals surface area contributed by atoms with Crippen LogP contribution in [-0.4, -0.2) is 64.1 Å². The van der Waals surface area contributed by atoms with Gasteiger partial charge in [-0.1, -0.05) is 27.7 Å². The molecule has 4 bridgehead atoms. The first kappa shape index (κ1) is 30.3. The molecule has 0 aromatic rings. The number of ether oxygens (including phenoxy) is 1. The molecule has 0 aromatic heterocycles. The highest BCUT2D eigenvalue weighted by Crippen LogP contribution is 2.65. The van der Waals surface area contributed by atoms with Crippen LogP contribution in [0, 0.1) is 33.5 Å². The van der Waals surface area contributed by atoms with Gasteiger partial charge in [-0.2, -0.15) is 16.8 Å². The summed E-state index contributed by atoms with van der Waals surface area (Å²) in [6.07, 6.45) is -0.534. The van der Waals surface area contributed by atoms with Crippen LogP contribution in [0.1, 0.15) is 80.1 Å². The van der Waals surface area contributed by atoms with E-state index in [1.807, 2.05) is 27.7 Å². The minimum atomic E-state index is -4.37. The van der Waals surface area contributed by atoms with Crippen molar-refractivity contribution in [1.29, 1.82) is 0 Å². The topological polar surface area (TPSA) is 164 Å². The molecule has 0 spiro atoms. The summed E-state index contributed by atoms with van der Waals surface area (Å²) in [6.45, 7) is 9.62. The van der Waals surface area contributed by atoms with Crippen LogP contribution in [0.2, 0.25) is 0 Å². The van der Waals surface area contributed by atoms with Gasteiger partial charge in [-0.25, -0.2) is 9.59 Å². The minimum absolute atomic E-state index is 0.0885. The van der Waals surface area contributed by atoms with E-state index in [0.29, 0.717) is 25.7 Å². The van der Waals surface area contributed by atoms with Gasteiger partial charge in [0.1, 0.15) is 11.6 Å². The van der Waals surface area contributed by atoms with Crippen molar-refractivity contribution in [2.24, 2.45) is 33.5 Å². The molecular formula is C26H38O11S2. The van der Waals surface area contributed by atoms with Crippen LogP contribution in [0.3, 0.4) is 0 Å². The van der Waals surface area contributed by atoms with Crippen LogP contribution in [0.25, 0.3) is 0 Å². The summed E-state index contributed by atoms with van der Waals surface area (Å²) < 4.78 is 66.0. The molecule has 11 nitrogen and oxygen atoms in total. The number of rotatable bonds is 10. The van der Waals surface area contributed by atoms with Gasteiger partial charge < -0.3 is 4.74 Å². The third kappa shape index (κ3) is 4.80. The van der Waals surface area contributed by atoms with E-state index in [0.717, 1.165) is 26.7 Å². The van der Waals surface area contributed by atoms with Crippen LogP contribution in [0.5, 0.6) is 0 Å². The average molecular weight is 591 g/mol. The molecule has 4 aliphatic carbocycles. The molecule has 0 radical (unpaired) electrons. The normalized spacial score (nSPS) is 34.3. The second kappa shape index (κ2) is 9.42. The summed E-state index contributed by atoms with van der Waals surface area (Å²) in [5, 5.41) is 0. The maximum Gasteiger partial charge on any atom is 0.344 e. The summed E-state index contributed by atoms with van der Waals surface area (Å²) in [5.74, 6) is -3.95. The zero-order chi connectivity index (χ0) is 29.4. The highest BCUT2D eigenvalue weighted by atomic mass is 32.2. The second-order valence-electron chi connectivity index (χ2n) is 13.0. The number of ketones is 2. The first-order valence-corrected chi connectivity index (χ1v) is 16.5. The predicted octanol–water partition coefficient (Wildman–Crippen LogP) is 2.32. The van der Waals surface area contributed by atoms with Crippen molar-refractivity contribution in [1.82, 2.24) is 0 Å². The van der Waals surface area contributed by atoms with Gasteiger partial charge >= 0.3 is 11.9 Å². The van der Waals surface area contributed by atoms with E-state index in [2.05, 4.69) is 4.74 Å². The molecule has 220 valence electrons. The smallest absolute Gasteiger partial charge is 0.344 e. The Hall–Kier alpha value is -1.70. The molecule has 4 fully saturated rings. The first-order chi connectivity index (χ1) is 17.7. The molecule has 2 unspecified atom stereocenters. The van der Waals surface area contributed by atoms with E-state index in [1.165, 1.54) is 0 Å². The molecule has 39 heavy (non-hydrogen) atoms. The summed E-state index contributed by atoms with van der Waals surface area (Å²) in [7, 11) is -8.74. The van der Waals surface area contributed by atoms with Crippen LogP contribution >= 0.6 is 0 Å². The van der Waals surface area contributed by atoms with Crippen LogP contribution in [-0.2, 0) is 52.5 Å². The standard InChI is InChI=1S/C26H38O11S2/c1-15(36-38(31,32)13-25-9-7-17(11-19(25)27)23(25,3)4)21(29)35-22(30)16(2)37-39(33,34)14-26-10-8-18(12-20(26)28)24(26,5)6/h15-18H,7-14H2,1-6H3/t15?,16?,17-,18-,25-,26-/m1/s1. The fourth-order valence-corrected chi connectivity index (χ4v) is 11.4. The van der Waals surface area contributed by atoms with E-state index < -0.39 is 77.5 Å². The molecule has 0 heterocycles. The zero-order valence-corrected chi connectivity index (χ0v) is 24.9.